The lowest BCUT2D eigenvalue weighted by molar-refractivity contribution is -0.387. The first kappa shape index (κ1) is 15.9. The minimum absolute atomic E-state index is 0.210. The Hall–Kier alpha value is -1.53. The van der Waals surface area contributed by atoms with E-state index in [2.05, 4.69) is 0 Å². The lowest BCUT2D eigenvalue weighted by Gasteiger charge is -2.36. The van der Waals surface area contributed by atoms with Gasteiger partial charge in [-0.3, -0.25) is 10.1 Å². The van der Waals surface area contributed by atoms with Gasteiger partial charge in [0, 0.05) is 18.0 Å². The van der Waals surface area contributed by atoms with Gasteiger partial charge < -0.3 is 10.8 Å². The Morgan fingerprint density at radius 1 is 1.48 bits per heavy atom. The van der Waals surface area contributed by atoms with E-state index in [0.29, 0.717) is 6.42 Å². The standard InChI is InChI=1S/C15H21FN2O3/c1-14(2)6-7-15(9-17,13(14)19)8-10-4-3-5-11(12(10)16)18(20)21/h3-5,13,19H,6-9,17H2,1-2H3. The van der Waals surface area contributed by atoms with E-state index < -0.39 is 27.9 Å². The predicted octanol–water partition coefficient (Wildman–Crippen LogP) is 2.40. The van der Waals surface area contributed by atoms with Crippen molar-refractivity contribution in [1.29, 1.82) is 0 Å². The first-order valence-corrected chi connectivity index (χ1v) is 7.03. The van der Waals surface area contributed by atoms with Gasteiger partial charge in [-0.1, -0.05) is 26.0 Å². The highest BCUT2D eigenvalue weighted by Crippen LogP contribution is 2.50. The summed E-state index contributed by atoms with van der Waals surface area (Å²) in [6.45, 7) is 4.14. The predicted molar refractivity (Wildman–Crippen MR) is 77.3 cm³/mol. The van der Waals surface area contributed by atoms with Crippen LogP contribution in [0, 0.1) is 26.8 Å². The van der Waals surface area contributed by atoms with Gasteiger partial charge in [-0.05, 0) is 30.2 Å². The molecular formula is C15H21FN2O3. The van der Waals surface area contributed by atoms with Crippen molar-refractivity contribution in [3.8, 4) is 0 Å². The van der Waals surface area contributed by atoms with Crippen molar-refractivity contribution in [2.24, 2.45) is 16.6 Å². The Morgan fingerprint density at radius 2 is 2.14 bits per heavy atom. The number of nitro groups is 1. The fourth-order valence-electron chi connectivity index (χ4n) is 3.37. The van der Waals surface area contributed by atoms with Crippen LogP contribution >= 0.6 is 0 Å². The normalized spacial score (nSPS) is 27.8. The van der Waals surface area contributed by atoms with Crippen molar-refractivity contribution < 1.29 is 14.4 Å². The Labute approximate surface area is 123 Å². The summed E-state index contributed by atoms with van der Waals surface area (Å²) in [6, 6.07) is 4.13. The van der Waals surface area contributed by atoms with E-state index in [1.54, 1.807) is 0 Å². The van der Waals surface area contributed by atoms with Crippen LogP contribution in [0.5, 0.6) is 0 Å². The fraction of sp³-hybridized carbons (Fsp3) is 0.600. The zero-order chi connectivity index (χ0) is 15.8. The molecule has 0 amide bonds. The van der Waals surface area contributed by atoms with Crippen LogP contribution in [0.2, 0.25) is 0 Å². The first-order chi connectivity index (χ1) is 9.73. The highest BCUT2D eigenvalue weighted by molar-refractivity contribution is 5.37. The minimum atomic E-state index is -0.827. The molecule has 1 aromatic rings. The van der Waals surface area contributed by atoms with Crippen molar-refractivity contribution >= 4 is 5.69 Å². The summed E-state index contributed by atoms with van der Waals surface area (Å²) in [5.74, 6) is -0.827. The molecule has 1 saturated carbocycles. The molecule has 5 nitrogen and oxygen atoms in total. The van der Waals surface area contributed by atoms with E-state index >= 15 is 0 Å². The molecule has 6 heteroatoms. The second kappa shape index (κ2) is 5.35. The van der Waals surface area contributed by atoms with E-state index in [0.717, 1.165) is 12.5 Å². The zero-order valence-corrected chi connectivity index (χ0v) is 12.3. The molecule has 0 heterocycles. The van der Waals surface area contributed by atoms with Crippen LogP contribution in [-0.4, -0.2) is 22.7 Å². The molecular weight excluding hydrogens is 275 g/mol. The average Bonchev–Trinajstić information content (AvgIpc) is 2.65. The second-order valence-corrected chi connectivity index (χ2v) is 6.64. The summed E-state index contributed by atoms with van der Waals surface area (Å²) >= 11 is 0. The number of benzene rings is 1. The summed E-state index contributed by atoms with van der Waals surface area (Å²) in [4.78, 5) is 10.1. The molecule has 3 N–H and O–H groups in total. The maximum atomic E-state index is 14.2. The third kappa shape index (κ3) is 2.65. The zero-order valence-electron chi connectivity index (χ0n) is 12.3. The molecule has 0 saturated heterocycles. The molecule has 2 unspecified atom stereocenters. The van der Waals surface area contributed by atoms with Gasteiger partial charge >= 0.3 is 5.69 Å². The van der Waals surface area contributed by atoms with Crippen LogP contribution in [0.25, 0.3) is 0 Å². The molecule has 1 aliphatic rings. The molecule has 0 aliphatic heterocycles. The first-order valence-electron chi connectivity index (χ1n) is 7.03. The van der Waals surface area contributed by atoms with E-state index in [1.807, 2.05) is 13.8 Å². The van der Waals surface area contributed by atoms with Crippen molar-refractivity contribution in [3.63, 3.8) is 0 Å². The molecule has 2 atom stereocenters. The summed E-state index contributed by atoms with van der Waals surface area (Å²) in [6.07, 6.45) is 1.03. The smallest absolute Gasteiger partial charge is 0.305 e. The summed E-state index contributed by atoms with van der Waals surface area (Å²) in [5.41, 5.74) is 4.66. The molecule has 2 rings (SSSR count). The second-order valence-electron chi connectivity index (χ2n) is 6.64. The van der Waals surface area contributed by atoms with Crippen LogP contribution in [0.3, 0.4) is 0 Å². The number of aliphatic hydroxyl groups is 1. The molecule has 0 radical (unpaired) electrons. The van der Waals surface area contributed by atoms with Gasteiger partial charge in [0.05, 0.1) is 11.0 Å². The summed E-state index contributed by atoms with van der Waals surface area (Å²) in [5, 5.41) is 21.4. The van der Waals surface area contributed by atoms with E-state index in [4.69, 9.17) is 5.73 Å². The van der Waals surface area contributed by atoms with Crippen LogP contribution in [-0.2, 0) is 6.42 Å². The van der Waals surface area contributed by atoms with Crippen molar-refractivity contribution in [1.82, 2.24) is 0 Å². The van der Waals surface area contributed by atoms with Gasteiger partial charge in [0.2, 0.25) is 5.82 Å². The molecule has 21 heavy (non-hydrogen) atoms. The van der Waals surface area contributed by atoms with Crippen LogP contribution < -0.4 is 5.73 Å². The van der Waals surface area contributed by atoms with Crippen LogP contribution in [0.15, 0.2) is 18.2 Å². The Balaban J connectivity index is 2.37. The van der Waals surface area contributed by atoms with Gasteiger partial charge in [-0.15, -0.1) is 0 Å². The molecule has 1 fully saturated rings. The van der Waals surface area contributed by atoms with Crippen molar-refractivity contribution in [2.75, 3.05) is 6.54 Å². The van der Waals surface area contributed by atoms with E-state index in [1.165, 1.54) is 12.1 Å². The largest absolute Gasteiger partial charge is 0.392 e. The maximum absolute atomic E-state index is 14.2. The Kier molecular flexibility index (Phi) is 4.04. The van der Waals surface area contributed by atoms with Crippen molar-refractivity contribution in [3.05, 3.63) is 39.7 Å². The number of rotatable bonds is 4. The van der Waals surface area contributed by atoms with Gasteiger partial charge in [-0.2, -0.15) is 4.39 Å². The number of nitro benzene ring substituents is 1. The average molecular weight is 296 g/mol. The number of aliphatic hydroxyl groups excluding tert-OH is 1. The minimum Gasteiger partial charge on any atom is -0.392 e. The topological polar surface area (TPSA) is 89.4 Å². The monoisotopic (exact) mass is 296 g/mol. The maximum Gasteiger partial charge on any atom is 0.305 e. The molecule has 0 spiro atoms. The number of halogens is 1. The highest BCUT2D eigenvalue weighted by atomic mass is 19.1. The van der Waals surface area contributed by atoms with Gasteiger partial charge in [0.25, 0.3) is 0 Å². The Morgan fingerprint density at radius 3 is 2.62 bits per heavy atom. The van der Waals surface area contributed by atoms with E-state index in [9.17, 15) is 19.6 Å². The quantitative estimate of drug-likeness (QED) is 0.659. The SMILES string of the molecule is CC1(C)CCC(CN)(Cc2cccc([N+](=O)[O-])c2F)C1O. The number of nitrogens with two attached hydrogens (primary N) is 1. The third-order valence-electron chi connectivity index (χ3n) is 4.79. The highest BCUT2D eigenvalue weighted by Gasteiger charge is 2.51. The summed E-state index contributed by atoms with van der Waals surface area (Å²) in [7, 11) is 0. The number of nitrogens with zero attached hydrogens (tertiary/aromatic N) is 1. The molecule has 116 valence electrons. The third-order valence-corrected chi connectivity index (χ3v) is 4.79. The van der Waals surface area contributed by atoms with Crippen LogP contribution in [0.4, 0.5) is 10.1 Å². The molecule has 1 aromatic carbocycles. The van der Waals surface area contributed by atoms with Gasteiger partial charge in [-0.25, -0.2) is 0 Å². The van der Waals surface area contributed by atoms with Gasteiger partial charge in [0.1, 0.15) is 0 Å². The van der Waals surface area contributed by atoms with Crippen LogP contribution in [0.1, 0.15) is 32.3 Å². The Bertz CT molecular complexity index is 562. The molecule has 0 bridgehead atoms. The van der Waals surface area contributed by atoms with Crippen molar-refractivity contribution in [2.45, 2.75) is 39.2 Å². The lowest BCUT2D eigenvalue weighted by Crippen LogP contribution is -2.44. The molecule has 1 aliphatic carbocycles. The summed E-state index contributed by atoms with van der Waals surface area (Å²) < 4.78 is 14.2. The fourth-order valence-corrected chi connectivity index (χ4v) is 3.37. The van der Waals surface area contributed by atoms with E-state index in [-0.39, 0.29) is 23.9 Å². The number of hydrogen-bond acceptors (Lipinski definition) is 4. The molecule has 0 aromatic heterocycles. The number of hydrogen-bond donors (Lipinski definition) is 2. The lowest BCUT2D eigenvalue weighted by atomic mass is 9.74. The van der Waals surface area contributed by atoms with Gasteiger partial charge in [0.15, 0.2) is 0 Å².